The number of halogens is 3. The van der Waals surface area contributed by atoms with Gasteiger partial charge in [-0.3, -0.25) is 0 Å². The lowest BCUT2D eigenvalue weighted by Gasteiger charge is -2.06. The molecule has 0 aliphatic carbocycles. The number of aryl methyl sites for hydroxylation is 1. The van der Waals surface area contributed by atoms with E-state index in [1.165, 1.54) is 16.8 Å². The van der Waals surface area contributed by atoms with Gasteiger partial charge in [0.2, 0.25) is 0 Å². The molecule has 2 rings (SSSR count). The first kappa shape index (κ1) is 10.7. The fourth-order valence-electron chi connectivity index (χ4n) is 1.39. The highest BCUT2D eigenvalue weighted by Gasteiger charge is 2.26. The molecular formula is C9H9F3N4. The van der Waals surface area contributed by atoms with Gasteiger partial charge < -0.3 is 5.73 Å². The lowest BCUT2D eigenvalue weighted by molar-refractivity contribution is -0.134. The van der Waals surface area contributed by atoms with Crippen molar-refractivity contribution in [1.82, 2.24) is 14.6 Å². The standard InChI is InChI=1S/C9H9F3N4/c10-9(11,12)2-1-6-5-7(13)8-14-3-4-16(8)15-6/h3-5H,1-2,13H2. The van der Waals surface area contributed by atoms with Crippen LogP contribution in [0, 0.1) is 0 Å². The lowest BCUT2D eigenvalue weighted by atomic mass is 10.2. The number of rotatable bonds is 2. The molecule has 4 nitrogen and oxygen atoms in total. The Balaban J connectivity index is 2.25. The Bertz CT molecular complexity index is 503. The average Bonchev–Trinajstić information content (AvgIpc) is 2.62. The molecule has 0 aliphatic rings. The highest BCUT2D eigenvalue weighted by Crippen LogP contribution is 2.22. The average molecular weight is 230 g/mol. The third kappa shape index (κ3) is 2.23. The number of imidazole rings is 1. The van der Waals surface area contributed by atoms with Crippen LogP contribution in [-0.4, -0.2) is 20.8 Å². The second-order valence-electron chi connectivity index (χ2n) is 3.40. The van der Waals surface area contributed by atoms with Gasteiger partial charge >= 0.3 is 6.18 Å². The number of alkyl halides is 3. The predicted molar refractivity (Wildman–Crippen MR) is 51.8 cm³/mol. The molecule has 0 aromatic carbocycles. The maximum absolute atomic E-state index is 12.0. The van der Waals surface area contributed by atoms with E-state index in [0.717, 1.165) is 0 Å². The molecule has 0 fully saturated rings. The predicted octanol–water partition coefficient (Wildman–Crippen LogP) is 1.81. The summed E-state index contributed by atoms with van der Waals surface area (Å²) in [6.45, 7) is 0. The number of nitrogens with two attached hydrogens (primary N) is 1. The monoisotopic (exact) mass is 230 g/mol. The van der Waals surface area contributed by atoms with Crippen LogP contribution in [0.5, 0.6) is 0 Å². The summed E-state index contributed by atoms with van der Waals surface area (Å²) in [6.07, 6.45) is -2.23. The van der Waals surface area contributed by atoms with Gasteiger partial charge in [-0.2, -0.15) is 18.3 Å². The first-order valence-corrected chi connectivity index (χ1v) is 4.61. The van der Waals surface area contributed by atoms with Crippen molar-refractivity contribution in [2.75, 3.05) is 5.73 Å². The van der Waals surface area contributed by atoms with Crippen molar-refractivity contribution in [2.24, 2.45) is 0 Å². The van der Waals surface area contributed by atoms with Crippen LogP contribution in [0.15, 0.2) is 18.5 Å². The second kappa shape index (κ2) is 3.66. The van der Waals surface area contributed by atoms with Crippen LogP contribution in [0.3, 0.4) is 0 Å². The molecule has 2 aromatic rings. The summed E-state index contributed by atoms with van der Waals surface area (Å²) in [7, 11) is 0. The zero-order valence-electron chi connectivity index (χ0n) is 8.20. The van der Waals surface area contributed by atoms with E-state index >= 15 is 0 Å². The minimum absolute atomic E-state index is 0.179. The summed E-state index contributed by atoms with van der Waals surface area (Å²) in [5, 5.41) is 3.97. The fourth-order valence-corrected chi connectivity index (χ4v) is 1.39. The molecule has 0 saturated heterocycles. The van der Waals surface area contributed by atoms with Crippen molar-refractivity contribution >= 4 is 11.3 Å². The van der Waals surface area contributed by atoms with Crippen molar-refractivity contribution in [3.63, 3.8) is 0 Å². The van der Waals surface area contributed by atoms with Crippen LogP contribution >= 0.6 is 0 Å². The lowest BCUT2D eigenvalue weighted by Crippen LogP contribution is -2.10. The van der Waals surface area contributed by atoms with Gasteiger partial charge in [-0.05, 0) is 6.07 Å². The van der Waals surface area contributed by atoms with Gasteiger partial charge in [0.15, 0.2) is 5.65 Å². The summed E-state index contributed by atoms with van der Waals surface area (Å²) in [5.41, 5.74) is 6.73. The molecule has 7 heteroatoms. The van der Waals surface area contributed by atoms with E-state index in [9.17, 15) is 13.2 Å². The van der Waals surface area contributed by atoms with E-state index in [1.54, 1.807) is 6.20 Å². The molecule has 0 aliphatic heterocycles. The Kier molecular flexibility index (Phi) is 2.45. The van der Waals surface area contributed by atoms with Crippen molar-refractivity contribution < 1.29 is 13.2 Å². The van der Waals surface area contributed by atoms with Crippen molar-refractivity contribution in [1.29, 1.82) is 0 Å². The summed E-state index contributed by atoms with van der Waals surface area (Å²) in [6, 6.07) is 1.42. The van der Waals surface area contributed by atoms with Gasteiger partial charge in [-0.25, -0.2) is 9.50 Å². The molecule has 0 amide bonds. The molecule has 0 atom stereocenters. The molecule has 86 valence electrons. The third-order valence-corrected chi connectivity index (χ3v) is 2.10. The van der Waals surface area contributed by atoms with E-state index < -0.39 is 12.6 Å². The van der Waals surface area contributed by atoms with Gasteiger partial charge in [0.05, 0.1) is 11.4 Å². The fraction of sp³-hybridized carbons (Fsp3) is 0.333. The van der Waals surface area contributed by atoms with Crippen molar-refractivity contribution in [3.8, 4) is 0 Å². The molecule has 0 bridgehead atoms. The normalized spacial score (nSPS) is 12.2. The summed E-state index contributed by atoms with van der Waals surface area (Å²) in [5.74, 6) is 0. The van der Waals surface area contributed by atoms with E-state index in [4.69, 9.17) is 5.73 Å². The Hall–Kier alpha value is -1.79. The molecule has 2 aromatic heterocycles. The van der Waals surface area contributed by atoms with Gasteiger partial charge in [-0.1, -0.05) is 0 Å². The molecule has 16 heavy (non-hydrogen) atoms. The molecule has 0 radical (unpaired) electrons. The molecular weight excluding hydrogens is 221 g/mol. The number of aromatic nitrogens is 3. The molecule has 0 saturated carbocycles. The second-order valence-corrected chi connectivity index (χ2v) is 3.40. The van der Waals surface area contributed by atoms with Crippen molar-refractivity contribution in [2.45, 2.75) is 19.0 Å². The number of hydrogen-bond donors (Lipinski definition) is 1. The van der Waals surface area contributed by atoms with Crippen LogP contribution in [0.25, 0.3) is 5.65 Å². The SMILES string of the molecule is Nc1cc(CCC(F)(F)F)nn2ccnc12. The molecule has 2 heterocycles. The van der Waals surface area contributed by atoms with E-state index in [1.807, 2.05) is 0 Å². The van der Waals surface area contributed by atoms with Gasteiger partial charge in [0, 0.05) is 25.2 Å². The van der Waals surface area contributed by atoms with Crippen LogP contribution in [0.1, 0.15) is 12.1 Å². The number of fused-ring (bicyclic) bond motifs is 1. The highest BCUT2D eigenvalue weighted by atomic mass is 19.4. The van der Waals surface area contributed by atoms with Crippen LogP contribution in [-0.2, 0) is 6.42 Å². The Labute approximate surface area is 88.9 Å². The van der Waals surface area contributed by atoms with Crippen LogP contribution in [0.4, 0.5) is 18.9 Å². The third-order valence-electron chi connectivity index (χ3n) is 2.10. The molecule has 2 N–H and O–H groups in total. The number of nitrogen functional groups attached to an aromatic ring is 1. The number of nitrogens with zero attached hydrogens (tertiary/aromatic N) is 3. The topological polar surface area (TPSA) is 56.2 Å². The quantitative estimate of drug-likeness (QED) is 0.855. The van der Waals surface area contributed by atoms with Gasteiger partial charge in [0.25, 0.3) is 0 Å². The molecule has 0 spiro atoms. The van der Waals surface area contributed by atoms with E-state index in [2.05, 4.69) is 10.1 Å². The largest absolute Gasteiger partial charge is 0.396 e. The number of hydrogen-bond acceptors (Lipinski definition) is 3. The smallest absolute Gasteiger partial charge is 0.389 e. The summed E-state index contributed by atoms with van der Waals surface area (Å²) >= 11 is 0. The van der Waals surface area contributed by atoms with E-state index in [-0.39, 0.29) is 6.42 Å². The van der Waals surface area contributed by atoms with E-state index in [0.29, 0.717) is 17.0 Å². The maximum atomic E-state index is 12.0. The zero-order chi connectivity index (χ0) is 11.8. The number of anilines is 1. The first-order chi connectivity index (χ1) is 7.46. The Morgan fingerprint density at radius 1 is 1.38 bits per heavy atom. The Morgan fingerprint density at radius 2 is 2.12 bits per heavy atom. The van der Waals surface area contributed by atoms with Crippen LogP contribution in [0.2, 0.25) is 0 Å². The highest BCUT2D eigenvalue weighted by molar-refractivity contribution is 5.63. The van der Waals surface area contributed by atoms with Gasteiger partial charge in [-0.15, -0.1) is 0 Å². The molecule has 0 unspecified atom stereocenters. The first-order valence-electron chi connectivity index (χ1n) is 4.61. The van der Waals surface area contributed by atoms with Crippen molar-refractivity contribution in [3.05, 3.63) is 24.2 Å². The Morgan fingerprint density at radius 3 is 2.81 bits per heavy atom. The zero-order valence-corrected chi connectivity index (χ0v) is 8.20. The minimum atomic E-state index is -4.18. The maximum Gasteiger partial charge on any atom is 0.389 e. The van der Waals surface area contributed by atoms with Gasteiger partial charge in [0.1, 0.15) is 0 Å². The van der Waals surface area contributed by atoms with Crippen LogP contribution < -0.4 is 5.73 Å². The minimum Gasteiger partial charge on any atom is -0.396 e. The summed E-state index contributed by atoms with van der Waals surface area (Å²) < 4.78 is 37.4. The summed E-state index contributed by atoms with van der Waals surface area (Å²) in [4.78, 5) is 3.92.